The van der Waals surface area contributed by atoms with E-state index in [0.29, 0.717) is 0 Å². The van der Waals surface area contributed by atoms with E-state index < -0.39 is 0 Å². The van der Waals surface area contributed by atoms with Crippen LogP contribution in [0, 0.1) is 13.8 Å². The molecule has 1 aromatic carbocycles. The summed E-state index contributed by atoms with van der Waals surface area (Å²) in [5.41, 5.74) is 4.92. The number of nitrogens with zero attached hydrogens (tertiary/aromatic N) is 2. The molecule has 0 saturated heterocycles. The summed E-state index contributed by atoms with van der Waals surface area (Å²) in [6.45, 7) is 6.92. The highest BCUT2D eigenvalue weighted by Gasteiger charge is 2.30. The summed E-state index contributed by atoms with van der Waals surface area (Å²) in [5.74, 6) is 0.0176. The molecule has 1 unspecified atom stereocenters. The van der Waals surface area contributed by atoms with E-state index in [1.807, 2.05) is 42.8 Å². The summed E-state index contributed by atoms with van der Waals surface area (Å²) in [5, 5.41) is 10.7. The number of carbonyl (C=O) groups is 1. The van der Waals surface area contributed by atoms with Crippen molar-refractivity contribution in [2.45, 2.75) is 33.2 Å². The van der Waals surface area contributed by atoms with Crippen LogP contribution in [0.2, 0.25) is 0 Å². The Morgan fingerprint density at radius 2 is 2.14 bits per heavy atom. The molecule has 0 aliphatic carbocycles. The number of fused-ring (bicyclic) bond motifs is 1. The summed E-state index contributed by atoms with van der Waals surface area (Å²) in [6, 6.07) is 7.80. The van der Waals surface area contributed by atoms with Gasteiger partial charge in [0, 0.05) is 16.9 Å². The van der Waals surface area contributed by atoms with Gasteiger partial charge in [0.1, 0.15) is 6.04 Å². The van der Waals surface area contributed by atoms with E-state index >= 15 is 0 Å². The number of amides is 1. The number of aromatic nitrogens is 2. The number of nitrogens with one attached hydrogen (secondary N) is 2. The molecule has 110 valence electrons. The van der Waals surface area contributed by atoms with Crippen molar-refractivity contribution in [3.63, 3.8) is 0 Å². The van der Waals surface area contributed by atoms with E-state index in [1.54, 1.807) is 0 Å². The van der Waals surface area contributed by atoms with Crippen molar-refractivity contribution in [3.8, 4) is 5.69 Å². The van der Waals surface area contributed by atoms with Crippen LogP contribution in [0.4, 0.5) is 5.69 Å². The second-order valence-corrected chi connectivity index (χ2v) is 5.49. The van der Waals surface area contributed by atoms with Crippen LogP contribution in [-0.2, 0) is 4.79 Å². The molecule has 5 nitrogen and oxygen atoms in total. The molecule has 21 heavy (non-hydrogen) atoms. The van der Waals surface area contributed by atoms with Crippen molar-refractivity contribution in [2.75, 3.05) is 11.9 Å². The molecule has 0 radical (unpaired) electrons. The van der Waals surface area contributed by atoms with Gasteiger partial charge >= 0.3 is 0 Å². The van der Waals surface area contributed by atoms with Gasteiger partial charge in [-0.25, -0.2) is 4.68 Å². The van der Waals surface area contributed by atoms with Gasteiger partial charge in [0.25, 0.3) is 0 Å². The first-order chi connectivity index (χ1) is 10.1. The van der Waals surface area contributed by atoms with Crippen LogP contribution >= 0.6 is 0 Å². The van der Waals surface area contributed by atoms with Gasteiger partial charge in [-0.15, -0.1) is 0 Å². The van der Waals surface area contributed by atoms with E-state index in [2.05, 4.69) is 22.7 Å². The summed E-state index contributed by atoms with van der Waals surface area (Å²) in [7, 11) is 0. The van der Waals surface area contributed by atoms with Crippen molar-refractivity contribution < 1.29 is 4.79 Å². The Hall–Kier alpha value is -2.14. The highest BCUT2D eigenvalue weighted by Crippen LogP contribution is 2.32. The number of anilines is 1. The maximum Gasteiger partial charge on any atom is 0.246 e. The predicted molar refractivity (Wildman–Crippen MR) is 82.7 cm³/mol. The van der Waals surface area contributed by atoms with Crippen LogP contribution < -0.4 is 10.6 Å². The van der Waals surface area contributed by atoms with E-state index in [9.17, 15) is 4.79 Å². The minimum atomic E-state index is -0.241. The van der Waals surface area contributed by atoms with E-state index in [-0.39, 0.29) is 11.9 Å². The average Bonchev–Trinajstić information content (AvgIpc) is 2.94. The molecule has 0 saturated carbocycles. The summed E-state index contributed by atoms with van der Waals surface area (Å²) in [4.78, 5) is 12.1. The number of hydrogen-bond acceptors (Lipinski definition) is 3. The Morgan fingerprint density at radius 1 is 1.33 bits per heavy atom. The molecule has 2 N–H and O–H groups in total. The molecule has 3 rings (SSSR count). The van der Waals surface area contributed by atoms with Crippen molar-refractivity contribution in [3.05, 3.63) is 41.2 Å². The Labute approximate surface area is 124 Å². The smallest absolute Gasteiger partial charge is 0.246 e. The van der Waals surface area contributed by atoms with Gasteiger partial charge in [0.2, 0.25) is 5.91 Å². The van der Waals surface area contributed by atoms with Crippen LogP contribution in [-0.4, -0.2) is 22.2 Å². The molecule has 2 aromatic rings. The molecule has 1 aliphatic heterocycles. The number of carbonyl (C=O) groups excluding carboxylic acids is 1. The SMILES string of the molecule is CCCNC1C(=O)Nc2cc(-n3nc(C)cc3C)ccc21. The zero-order valence-electron chi connectivity index (χ0n) is 12.6. The Balaban J connectivity index is 1.95. The Bertz CT molecular complexity index is 690. The molecule has 5 heteroatoms. The molecule has 1 aromatic heterocycles. The largest absolute Gasteiger partial charge is 0.324 e. The maximum absolute atomic E-state index is 12.1. The number of rotatable bonds is 4. The Kier molecular flexibility index (Phi) is 3.51. The second kappa shape index (κ2) is 5.33. The first kappa shape index (κ1) is 13.8. The summed E-state index contributed by atoms with van der Waals surface area (Å²) < 4.78 is 1.90. The average molecular weight is 284 g/mol. The van der Waals surface area contributed by atoms with Crippen LogP contribution in [0.1, 0.15) is 36.3 Å². The van der Waals surface area contributed by atoms with Gasteiger partial charge in [-0.2, -0.15) is 5.10 Å². The molecule has 1 aliphatic rings. The fourth-order valence-corrected chi connectivity index (χ4v) is 2.76. The molecule has 0 fully saturated rings. The van der Waals surface area contributed by atoms with Crippen LogP contribution in [0.15, 0.2) is 24.3 Å². The van der Waals surface area contributed by atoms with Crippen molar-refractivity contribution in [1.29, 1.82) is 0 Å². The van der Waals surface area contributed by atoms with Crippen molar-refractivity contribution >= 4 is 11.6 Å². The zero-order chi connectivity index (χ0) is 15.0. The lowest BCUT2D eigenvalue weighted by Crippen LogP contribution is -2.27. The first-order valence-corrected chi connectivity index (χ1v) is 7.32. The second-order valence-electron chi connectivity index (χ2n) is 5.49. The van der Waals surface area contributed by atoms with Crippen LogP contribution in [0.3, 0.4) is 0 Å². The van der Waals surface area contributed by atoms with Gasteiger partial charge in [-0.3, -0.25) is 4.79 Å². The first-order valence-electron chi connectivity index (χ1n) is 7.32. The van der Waals surface area contributed by atoms with Gasteiger partial charge < -0.3 is 10.6 Å². The minimum Gasteiger partial charge on any atom is -0.324 e. The third kappa shape index (κ3) is 2.45. The van der Waals surface area contributed by atoms with E-state index in [4.69, 9.17) is 0 Å². The molecule has 0 spiro atoms. The topological polar surface area (TPSA) is 59.0 Å². The molecule has 1 atom stereocenters. The zero-order valence-corrected chi connectivity index (χ0v) is 12.6. The molecule has 0 bridgehead atoms. The normalized spacial score (nSPS) is 16.9. The lowest BCUT2D eigenvalue weighted by atomic mass is 10.1. The van der Waals surface area contributed by atoms with Gasteiger partial charge in [0.15, 0.2) is 0 Å². The molecular weight excluding hydrogens is 264 g/mol. The van der Waals surface area contributed by atoms with E-state index in [1.165, 1.54) is 0 Å². The minimum absolute atomic E-state index is 0.0176. The molecule has 1 amide bonds. The van der Waals surface area contributed by atoms with Gasteiger partial charge in [-0.1, -0.05) is 13.0 Å². The van der Waals surface area contributed by atoms with Crippen LogP contribution in [0.25, 0.3) is 5.69 Å². The quantitative estimate of drug-likeness (QED) is 0.907. The summed E-state index contributed by atoms with van der Waals surface area (Å²) >= 11 is 0. The lowest BCUT2D eigenvalue weighted by molar-refractivity contribution is -0.117. The van der Waals surface area contributed by atoms with Crippen LogP contribution in [0.5, 0.6) is 0 Å². The lowest BCUT2D eigenvalue weighted by Gasteiger charge is -2.11. The number of hydrogen-bond donors (Lipinski definition) is 2. The van der Waals surface area contributed by atoms with Crippen molar-refractivity contribution in [1.82, 2.24) is 15.1 Å². The molecular formula is C16H20N4O. The van der Waals surface area contributed by atoms with Crippen molar-refractivity contribution in [2.24, 2.45) is 0 Å². The highest BCUT2D eigenvalue weighted by atomic mass is 16.2. The maximum atomic E-state index is 12.1. The van der Waals surface area contributed by atoms with Gasteiger partial charge in [0.05, 0.1) is 11.4 Å². The fraction of sp³-hybridized carbons (Fsp3) is 0.375. The third-order valence-corrected chi connectivity index (χ3v) is 3.72. The van der Waals surface area contributed by atoms with Gasteiger partial charge in [-0.05, 0) is 45.0 Å². The standard InChI is InChI=1S/C16H20N4O/c1-4-7-17-15-13-6-5-12(9-14(13)18-16(15)21)20-11(3)8-10(2)19-20/h5-6,8-9,15,17H,4,7H2,1-3H3,(H,18,21). The monoisotopic (exact) mass is 284 g/mol. The highest BCUT2D eigenvalue weighted by molar-refractivity contribution is 6.02. The van der Waals surface area contributed by atoms with E-state index in [0.717, 1.165) is 41.3 Å². The number of benzene rings is 1. The fourth-order valence-electron chi connectivity index (χ4n) is 2.76. The summed E-state index contributed by atoms with van der Waals surface area (Å²) in [6.07, 6.45) is 1.00. The Morgan fingerprint density at radius 3 is 2.81 bits per heavy atom. The number of aryl methyl sites for hydroxylation is 2. The predicted octanol–water partition coefficient (Wildman–Crippen LogP) is 2.48. The molecule has 2 heterocycles. The third-order valence-electron chi connectivity index (χ3n) is 3.72.